The maximum absolute atomic E-state index is 11.9. The van der Waals surface area contributed by atoms with Gasteiger partial charge < -0.3 is 5.32 Å². The van der Waals surface area contributed by atoms with Gasteiger partial charge in [-0.15, -0.1) is 22.7 Å². The Kier molecular flexibility index (Phi) is 3.69. The fraction of sp³-hybridized carbons (Fsp3) is 0.308. The Morgan fingerprint density at radius 3 is 2.68 bits per heavy atom. The molecule has 0 aromatic carbocycles. The molecule has 2 rings (SSSR count). The third kappa shape index (κ3) is 2.83. The highest BCUT2D eigenvalue weighted by Crippen LogP contribution is 2.35. The van der Waals surface area contributed by atoms with Crippen molar-refractivity contribution in [3.05, 3.63) is 33.1 Å². The van der Waals surface area contributed by atoms with E-state index in [1.807, 2.05) is 26.2 Å². The number of nitriles is 1. The van der Waals surface area contributed by atoms with Crippen molar-refractivity contribution in [3.8, 4) is 6.07 Å². The van der Waals surface area contributed by atoms with E-state index in [1.165, 1.54) is 22.7 Å². The van der Waals surface area contributed by atoms with Crippen molar-refractivity contribution in [2.75, 3.05) is 5.32 Å². The second kappa shape index (κ2) is 5.11. The van der Waals surface area contributed by atoms with Crippen LogP contribution in [0.5, 0.6) is 0 Å². The molecule has 0 saturated carbocycles. The predicted octanol–water partition coefficient (Wildman–Crippen LogP) is 3.63. The normalized spacial score (nSPS) is 11.1. The molecule has 0 saturated heterocycles. The lowest BCUT2D eigenvalue weighted by molar-refractivity contribution is 0.102. The molecule has 98 valence electrons. The molecule has 2 aromatic rings. The van der Waals surface area contributed by atoms with Crippen molar-refractivity contribution in [2.24, 2.45) is 0 Å². The number of aromatic nitrogens is 1. The number of hydrogen-bond acceptors (Lipinski definition) is 5. The van der Waals surface area contributed by atoms with Crippen LogP contribution in [0, 0.1) is 11.3 Å². The SMILES string of the molecule is CC(C)(C)c1csc(NC(=O)c2cscn2)c1C#N. The van der Waals surface area contributed by atoms with Gasteiger partial charge in [0.2, 0.25) is 0 Å². The second-order valence-corrected chi connectivity index (χ2v) is 6.64. The lowest BCUT2D eigenvalue weighted by Gasteiger charge is -2.17. The Morgan fingerprint density at radius 2 is 2.16 bits per heavy atom. The minimum absolute atomic E-state index is 0.120. The second-order valence-electron chi connectivity index (χ2n) is 5.04. The molecule has 0 fully saturated rings. The average Bonchev–Trinajstić information content (AvgIpc) is 2.96. The van der Waals surface area contributed by atoms with Gasteiger partial charge >= 0.3 is 0 Å². The monoisotopic (exact) mass is 291 g/mol. The summed E-state index contributed by atoms with van der Waals surface area (Å²) >= 11 is 2.74. The van der Waals surface area contributed by atoms with Gasteiger partial charge in [-0.1, -0.05) is 20.8 Å². The predicted molar refractivity (Wildman–Crippen MR) is 77.8 cm³/mol. The summed E-state index contributed by atoms with van der Waals surface area (Å²) < 4.78 is 0. The molecule has 0 bridgehead atoms. The van der Waals surface area contributed by atoms with Gasteiger partial charge in [0.05, 0.1) is 11.1 Å². The molecule has 0 aliphatic rings. The van der Waals surface area contributed by atoms with E-state index in [0.29, 0.717) is 16.3 Å². The van der Waals surface area contributed by atoms with Crippen molar-refractivity contribution in [1.82, 2.24) is 4.98 Å². The molecule has 6 heteroatoms. The molecule has 0 aliphatic heterocycles. The van der Waals surface area contributed by atoms with Gasteiger partial charge in [-0.2, -0.15) is 5.26 Å². The summed E-state index contributed by atoms with van der Waals surface area (Å²) in [5.74, 6) is -0.278. The molecule has 2 heterocycles. The first-order valence-electron chi connectivity index (χ1n) is 5.65. The molecule has 0 aliphatic carbocycles. The number of nitrogens with zero attached hydrogens (tertiary/aromatic N) is 2. The summed E-state index contributed by atoms with van der Waals surface area (Å²) in [6.45, 7) is 6.13. The first kappa shape index (κ1) is 13.7. The minimum Gasteiger partial charge on any atom is -0.311 e. The van der Waals surface area contributed by atoms with Crippen LogP contribution in [0.2, 0.25) is 0 Å². The fourth-order valence-corrected chi connectivity index (χ4v) is 3.27. The van der Waals surface area contributed by atoms with E-state index in [0.717, 1.165) is 5.56 Å². The molecule has 2 aromatic heterocycles. The number of carbonyl (C=O) groups excluding carboxylic acids is 1. The number of rotatable bonds is 2. The first-order chi connectivity index (χ1) is 8.93. The van der Waals surface area contributed by atoms with Crippen LogP contribution in [-0.4, -0.2) is 10.9 Å². The third-order valence-electron chi connectivity index (χ3n) is 2.60. The Morgan fingerprint density at radius 1 is 1.42 bits per heavy atom. The molecule has 0 atom stereocenters. The molecule has 0 unspecified atom stereocenters. The number of hydrogen-bond donors (Lipinski definition) is 1. The highest BCUT2D eigenvalue weighted by molar-refractivity contribution is 7.14. The molecule has 1 N–H and O–H groups in total. The fourth-order valence-electron chi connectivity index (χ4n) is 1.60. The van der Waals surface area contributed by atoms with Crippen LogP contribution >= 0.6 is 22.7 Å². The van der Waals surface area contributed by atoms with E-state index in [2.05, 4.69) is 16.4 Å². The zero-order chi connectivity index (χ0) is 14.0. The zero-order valence-electron chi connectivity index (χ0n) is 10.9. The van der Waals surface area contributed by atoms with Gasteiger partial charge in [0.25, 0.3) is 5.91 Å². The Balaban J connectivity index is 2.30. The quantitative estimate of drug-likeness (QED) is 0.919. The lowest BCUT2D eigenvalue weighted by Crippen LogP contribution is -2.14. The molecule has 0 spiro atoms. The molecular weight excluding hydrogens is 278 g/mol. The van der Waals surface area contributed by atoms with Crippen LogP contribution in [0.4, 0.5) is 5.00 Å². The standard InChI is InChI=1S/C13H13N3OS2/c1-13(2,3)9-5-19-12(8(9)4-14)16-11(17)10-6-18-7-15-10/h5-7H,1-3H3,(H,16,17). The molecular formula is C13H13N3OS2. The van der Waals surface area contributed by atoms with Gasteiger partial charge in [0.15, 0.2) is 0 Å². The lowest BCUT2D eigenvalue weighted by atomic mass is 9.86. The molecule has 4 nitrogen and oxygen atoms in total. The molecule has 19 heavy (non-hydrogen) atoms. The number of nitrogens with one attached hydrogen (secondary N) is 1. The van der Waals surface area contributed by atoms with E-state index < -0.39 is 0 Å². The van der Waals surface area contributed by atoms with Crippen LogP contribution < -0.4 is 5.32 Å². The van der Waals surface area contributed by atoms with Crippen LogP contribution in [0.3, 0.4) is 0 Å². The van der Waals surface area contributed by atoms with Crippen molar-refractivity contribution < 1.29 is 4.79 Å². The van der Waals surface area contributed by atoms with Crippen molar-refractivity contribution in [1.29, 1.82) is 5.26 Å². The number of carbonyl (C=O) groups is 1. The van der Waals surface area contributed by atoms with Gasteiger partial charge in [-0.05, 0) is 16.4 Å². The zero-order valence-corrected chi connectivity index (χ0v) is 12.5. The minimum atomic E-state index is -0.278. The average molecular weight is 291 g/mol. The summed E-state index contributed by atoms with van der Waals surface area (Å²) in [7, 11) is 0. The van der Waals surface area contributed by atoms with E-state index in [4.69, 9.17) is 0 Å². The largest absolute Gasteiger partial charge is 0.311 e. The van der Waals surface area contributed by atoms with E-state index in [9.17, 15) is 10.1 Å². The first-order valence-corrected chi connectivity index (χ1v) is 7.47. The maximum Gasteiger partial charge on any atom is 0.275 e. The van der Waals surface area contributed by atoms with Gasteiger partial charge in [-0.25, -0.2) is 4.98 Å². The van der Waals surface area contributed by atoms with Gasteiger partial charge in [0.1, 0.15) is 16.8 Å². The van der Waals surface area contributed by atoms with Crippen LogP contribution in [0.25, 0.3) is 0 Å². The van der Waals surface area contributed by atoms with Crippen molar-refractivity contribution >= 4 is 33.6 Å². The number of amides is 1. The number of thiazole rings is 1. The van der Waals surface area contributed by atoms with Gasteiger partial charge in [0, 0.05) is 5.38 Å². The summed E-state index contributed by atoms with van der Waals surface area (Å²) in [6.07, 6.45) is 0. The maximum atomic E-state index is 11.9. The van der Waals surface area contributed by atoms with E-state index in [1.54, 1.807) is 10.9 Å². The number of anilines is 1. The Bertz CT molecular complexity index is 630. The summed E-state index contributed by atoms with van der Waals surface area (Å²) in [5.41, 5.74) is 3.36. The van der Waals surface area contributed by atoms with Crippen molar-refractivity contribution in [2.45, 2.75) is 26.2 Å². The number of thiophene rings is 1. The van der Waals surface area contributed by atoms with Crippen molar-refractivity contribution in [3.63, 3.8) is 0 Å². The highest BCUT2D eigenvalue weighted by atomic mass is 32.1. The molecule has 1 amide bonds. The third-order valence-corrected chi connectivity index (χ3v) is 4.08. The Labute approximate surface area is 119 Å². The molecule has 0 radical (unpaired) electrons. The van der Waals surface area contributed by atoms with Crippen LogP contribution in [0.15, 0.2) is 16.3 Å². The van der Waals surface area contributed by atoms with Gasteiger partial charge in [-0.3, -0.25) is 4.79 Å². The topological polar surface area (TPSA) is 65.8 Å². The summed E-state index contributed by atoms with van der Waals surface area (Å²) in [4.78, 5) is 15.9. The summed E-state index contributed by atoms with van der Waals surface area (Å²) in [6, 6.07) is 2.18. The van der Waals surface area contributed by atoms with E-state index >= 15 is 0 Å². The van der Waals surface area contributed by atoms with Crippen LogP contribution in [-0.2, 0) is 5.41 Å². The highest BCUT2D eigenvalue weighted by Gasteiger charge is 2.23. The smallest absolute Gasteiger partial charge is 0.275 e. The summed E-state index contributed by atoms with van der Waals surface area (Å²) in [5, 5.41) is 16.2. The van der Waals surface area contributed by atoms with E-state index in [-0.39, 0.29) is 11.3 Å². The Hall–Kier alpha value is -1.71. The van der Waals surface area contributed by atoms with Crippen LogP contribution in [0.1, 0.15) is 42.4 Å².